The van der Waals surface area contributed by atoms with Gasteiger partial charge in [0.2, 0.25) is 5.88 Å². The minimum atomic E-state index is 0.0313. The molecular formula is C15H21NO2. The molecule has 1 aromatic heterocycles. The first-order valence-electron chi connectivity index (χ1n) is 6.56. The zero-order valence-corrected chi connectivity index (χ0v) is 11.1. The molecule has 1 aliphatic carbocycles. The van der Waals surface area contributed by atoms with Crippen LogP contribution in [0.25, 0.3) is 0 Å². The Morgan fingerprint density at radius 2 is 2.11 bits per heavy atom. The van der Waals surface area contributed by atoms with Gasteiger partial charge in [0.1, 0.15) is 0 Å². The van der Waals surface area contributed by atoms with E-state index in [4.69, 9.17) is 9.84 Å². The molecule has 2 atom stereocenters. The fourth-order valence-corrected chi connectivity index (χ4v) is 2.25. The third-order valence-electron chi connectivity index (χ3n) is 3.70. The van der Waals surface area contributed by atoms with Crippen LogP contribution in [0.1, 0.15) is 31.0 Å². The van der Waals surface area contributed by atoms with Crippen molar-refractivity contribution in [2.24, 2.45) is 11.8 Å². The van der Waals surface area contributed by atoms with E-state index in [2.05, 4.69) is 24.1 Å². The van der Waals surface area contributed by atoms with Gasteiger partial charge >= 0.3 is 0 Å². The highest BCUT2D eigenvalue weighted by atomic mass is 16.5. The van der Waals surface area contributed by atoms with Crippen molar-refractivity contribution < 1.29 is 9.84 Å². The summed E-state index contributed by atoms with van der Waals surface area (Å²) in [6.45, 7) is 4.91. The SMILES string of the molecule is Cc1nc(OCC2CC=CCC2C)ccc1CO. The summed E-state index contributed by atoms with van der Waals surface area (Å²) in [4.78, 5) is 4.35. The normalized spacial score (nSPS) is 23.1. The topological polar surface area (TPSA) is 42.4 Å². The molecule has 3 nitrogen and oxygen atoms in total. The molecule has 3 heteroatoms. The number of hydrogen-bond acceptors (Lipinski definition) is 3. The number of aliphatic hydroxyl groups excluding tert-OH is 1. The van der Waals surface area contributed by atoms with Crippen LogP contribution in [0.4, 0.5) is 0 Å². The van der Waals surface area contributed by atoms with Crippen molar-refractivity contribution in [2.75, 3.05) is 6.61 Å². The lowest BCUT2D eigenvalue weighted by Gasteiger charge is -2.24. The first-order chi connectivity index (χ1) is 8.70. The molecule has 2 unspecified atom stereocenters. The van der Waals surface area contributed by atoms with E-state index in [1.165, 1.54) is 0 Å². The maximum Gasteiger partial charge on any atom is 0.213 e. The standard InChI is InChI=1S/C15H21NO2/c1-11-5-3-4-6-14(11)10-18-15-8-7-13(9-17)12(2)16-15/h3-4,7-8,11,14,17H,5-6,9-10H2,1-2H3. The Kier molecular flexibility index (Phi) is 4.37. The van der Waals surface area contributed by atoms with Gasteiger partial charge in [-0.25, -0.2) is 4.98 Å². The van der Waals surface area contributed by atoms with Crippen LogP contribution < -0.4 is 4.74 Å². The summed E-state index contributed by atoms with van der Waals surface area (Å²) >= 11 is 0. The highest BCUT2D eigenvalue weighted by Crippen LogP contribution is 2.25. The monoisotopic (exact) mass is 247 g/mol. The van der Waals surface area contributed by atoms with Gasteiger partial charge in [-0.2, -0.15) is 0 Å². The Morgan fingerprint density at radius 1 is 1.33 bits per heavy atom. The van der Waals surface area contributed by atoms with Crippen LogP contribution >= 0.6 is 0 Å². The first kappa shape index (κ1) is 13.1. The van der Waals surface area contributed by atoms with Gasteiger partial charge in [0, 0.05) is 11.8 Å². The second-order valence-electron chi connectivity index (χ2n) is 5.04. The quantitative estimate of drug-likeness (QED) is 0.832. The van der Waals surface area contributed by atoms with Crippen molar-refractivity contribution in [2.45, 2.75) is 33.3 Å². The van der Waals surface area contributed by atoms with Gasteiger partial charge in [-0.3, -0.25) is 0 Å². The third kappa shape index (κ3) is 3.10. The van der Waals surface area contributed by atoms with Gasteiger partial charge in [-0.1, -0.05) is 19.1 Å². The number of ether oxygens (including phenoxy) is 1. The maximum absolute atomic E-state index is 9.09. The number of hydrogen-bond donors (Lipinski definition) is 1. The summed E-state index contributed by atoms with van der Waals surface area (Å²) < 4.78 is 5.77. The Hall–Kier alpha value is -1.35. The third-order valence-corrected chi connectivity index (χ3v) is 3.70. The first-order valence-corrected chi connectivity index (χ1v) is 6.56. The van der Waals surface area contributed by atoms with Gasteiger partial charge in [0.05, 0.1) is 13.2 Å². The van der Waals surface area contributed by atoms with Crippen molar-refractivity contribution in [3.63, 3.8) is 0 Å². The fraction of sp³-hybridized carbons (Fsp3) is 0.533. The van der Waals surface area contributed by atoms with Gasteiger partial charge in [-0.05, 0) is 43.2 Å². The van der Waals surface area contributed by atoms with Crippen LogP contribution in [0.15, 0.2) is 24.3 Å². The molecule has 1 aliphatic rings. The molecule has 0 aromatic carbocycles. The molecule has 0 fully saturated rings. The van der Waals surface area contributed by atoms with Crippen LogP contribution in [-0.4, -0.2) is 16.7 Å². The Labute approximate surface area is 109 Å². The molecular weight excluding hydrogens is 226 g/mol. The minimum Gasteiger partial charge on any atom is -0.477 e. The lowest BCUT2D eigenvalue weighted by atomic mass is 9.85. The molecule has 98 valence electrons. The highest BCUT2D eigenvalue weighted by Gasteiger charge is 2.19. The van der Waals surface area contributed by atoms with Crippen LogP contribution in [0, 0.1) is 18.8 Å². The van der Waals surface area contributed by atoms with Crippen LogP contribution in [0.2, 0.25) is 0 Å². The maximum atomic E-state index is 9.09. The van der Waals surface area contributed by atoms with Gasteiger partial charge in [-0.15, -0.1) is 0 Å². The Morgan fingerprint density at radius 3 is 2.78 bits per heavy atom. The molecule has 1 heterocycles. The minimum absolute atomic E-state index is 0.0313. The molecule has 0 aliphatic heterocycles. The number of aromatic nitrogens is 1. The summed E-state index contributed by atoms with van der Waals surface area (Å²) in [6.07, 6.45) is 6.72. The number of aryl methyl sites for hydroxylation is 1. The second kappa shape index (κ2) is 6.01. The summed E-state index contributed by atoms with van der Waals surface area (Å²) in [6, 6.07) is 3.71. The van der Waals surface area contributed by atoms with Gasteiger partial charge in [0.25, 0.3) is 0 Å². The zero-order chi connectivity index (χ0) is 13.0. The number of pyridine rings is 1. The number of allylic oxidation sites excluding steroid dienone is 2. The van der Waals surface area contributed by atoms with Crippen LogP contribution in [0.5, 0.6) is 5.88 Å². The van der Waals surface area contributed by atoms with Crippen molar-refractivity contribution in [1.82, 2.24) is 4.98 Å². The Balaban J connectivity index is 1.93. The van der Waals surface area contributed by atoms with Crippen molar-refractivity contribution >= 4 is 0 Å². The summed E-state index contributed by atoms with van der Waals surface area (Å²) in [5, 5.41) is 9.09. The van der Waals surface area contributed by atoms with E-state index in [0.29, 0.717) is 17.7 Å². The predicted octanol–water partition coefficient (Wildman–Crippen LogP) is 2.86. The summed E-state index contributed by atoms with van der Waals surface area (Å²) in [5.41, 5.74) is 1.70. The van der Waals surface area contributed by atoms with Gasteiger partial charge < -0.3 is 9.84 Å². The lowest BCUT2D eigenvalue weighted by molar-refractivity contribution is 0.192. The van der Waals surface area contributed by atoms with E-state index in [0.717, 1.165) is 30.7 Å². The predicted molar refractivity (Wildman–Crippen MR) is 71.4 cm³/mol. The van der Waals surface area contributed by atoms with Gasteiger partial charge in [0.15, 0.2) is 0 Å². The van der Waals surface area contributed by atoms with Crippen molar-refractivity contribution in [1.29, 1.82) is 0 Å². The smallest absolute Gasteiger partial charge is 0.213 e. The number of nitrogens with zero attached hydrogens (tertiary/aromatic N) is 1. The molecule has 0 bridgehead atoms. The van der Waals surface area contributed by atoms with E-state index < -0.39 is 0 Å². The number of aliphatic hydroxyl groups is 1. The zero-order valence-electron chi connectivity index (χ0n) is 11.1. The van der Waals surface area contributed by atoms with Crippen LogP contribution in [-0.2, 0) is 6.61 Å². The molecule has 0 amide bonds. The average Bonchev–Trinajstić information content (AvgIpc) is 2.38. The molecule has 1 N–H and O–H groups in total. The Bertz CT molecular complexity index is 429. The summed E-state index contributed by atoms with van der Waals surface area (Å²) in [5.74, 6) is 1.91. The average molecular weight is 247 g/mol. The van der Waals surface area contributed by atoms with E-state index in [1.54, 1.807) is 0 Å². The van der Waals surface area contributed by atoms with E-state index >= 15 is 0 Å². The molecule has 0 radical (unpaired) electrons. The van der Waals surface area contributed by atoms with Crippen LogP contribution in [0.3, 0.4) is 0 Å². The fourth-order valence-electron chi connectivity index (χ4n) is 2.25. The second-order valence-corrected chi connectivity index (χ2v) is 5.04. The molecule has 0 saturated carbocycles. The lowest BCUT2D eigenvalue weighted by Crippen LogP contribution is -2.21. The van der Waals surface area contributed by atoms with E-state index in [9.17, 15) is 0 Å². The molecule has 0 saturated heterocycles. The highest BCUT2D eigenvalue weighted by molar-refractivity contribution is 5.24. The van der Waals surface area contributed by atoms with Crippen molar-refractivity contribution in [3.05, 3.63) is 35.5 Å². The largest absolute Gasteiger partial charge is 0.477 e. The van der Waals surface area contributed by atoms with Crippen molar-refractivity contribution in [3.8, 4) is 5.88 Å². The number of rotatable bonds is 4. The van der Waals surface area contributed by atoms with E-state index in [1.807, 2.05) is 19.1 Å². The molecule has 2 rings (SSSR count). The summed E-state index contributed by atoms with van der Waals surface area (Å²) in [7, 11) is 0. The molecule has 1 aromatic rings. The molecule has 0 spiro atoms. The molecule has 18 heavy (non-hydrogen) atoms. The van der Waals surface area contributed by atoms with E-state index in [-0.39, 0.29) is 6.61 Å².